The van der Waals surface area contributed by atoms with Crippen LogP contribution in [0.5, 0.6) is 0 Å². The number of aliphatic hydroxyl groups is 1. The molecule has 2 aromatic carbocycles. The smallest absolute Gasteiger partial charge is 0.337 e. The van der Waals surface area contributed by atoms with Crippen molar-refractivity contribution in [2.45, 2.75) is 18.6 Å². The normalized spacial score (nSPS) is 13.0. The fraction of sp³-hybridized carbons (Fsp3) is 0.167. The molecule has 3 aromatic rings. The molecular weight excluding hydrogens is 404 g/mol. The van der Waals surface area contributed by atoms with Crippen LogP contribution in [-0.2, 0) is 11.2 Å². The SMILES string of the molecule is O=C(N[C@H](Cc1ccccc1Cl)[C@@H](O)C(=O)O)c1cc(C(=O)O)c2[nH]nnc2c1. The van der Waals surface area contributed by atoms with Gasteiger partial charge in [-0.3, -0.25) is 9.89 Å². The highest BCUT2D eigenvalue weighted by Crippen LogP contribution is 2.20. The van der Waals surface area contributed by atoms with Gasteiger partial charge in [0, 0.05) is 10.6 Å². The Morgan fingerprint density at radius 3 is 2.55 bits per heavy atom. The van der Waals surface area contributed by atoms with Crippen LogP contribution in [-0.4, -0.2) is 60.7 Å². The number of carboxylic acids is 2. The molecule has 3 rings (SSSR count). The van der Waals surface area contributed by atoms with E-state index < -0.39 is 30.0 Å². The summed E-state index contributed by atoms with van der Waals surface area (Å²) >= 11 is 6.09. The monoisotopic (exact) mass is 418 g/mol. The number of rotatable bonds is 7. The lowest BCUT2D eigenvalue weighted by Crippen LogP contribution is -2.48. The summed E-state index contributed by atoms with van der Waals surface area (Å²) in [4.78, 5) is 35.4. The average Bonchev–Trinajstić information content (AvgIpc) is 3.16. The maximum absolute atomic E-state index is 12.7. The van der Waals surface area contributed by atoms with E-state index in [2.05, 4.69) is 20.7 Å². The second kappa shape index (κ2) is 8.25. The number of carboxylic acid groups (broad SMARTS) is 2. The molecule has 0 saturated carbocycles. The zero-order valence-corrected chi connectivity index (χ0v) is 15.4. The van der Waals surface area contributed by atoms with Crippen molar-refractivity contribution in [2.75, 3.05) is 0 Å². The third kappa shape index (κ3) is 4.33. The average molecular weight is 419 g/mol. The van der Waals surface area contributed by atoms with E-state index in [9.17, 15) is 29.7 Å². The van der Waals surface area contributed by atoms with Gasteiger partial charge in [0.1, 0.15) is 11.0 Å². The third-order valence-corrected chi connectivity index (χ3v) is 4.65. The summed E-state index contributed by atoms with van der Waals surface area (Å²) in [5.41, 5.74) is 0.520. The molecule has 0 aliphatic carbocycles. The molecule has 1 heterocycles. The van der Waals surface area contributed by atoms with Crippen LogP contribution in [0.1, 0.15) is 26.3 Å². The summed E-state index contributed by atoms with van der Waals surface area (Å²) in [6, 6.07) is 7.81. The van der Waals surface area contributed by atoms with Crippen LogP contribution in [0.4, 0.5) is 0 Å². The number of H-pyrrole nitrogens is 1. The largest absolute Gasteiger partial charge is 0.479 e. The minimum atomic E-state index is -1.91. The molecule has 0 spiro atoms. The Kier molecular flexibility index (Phi) is 5.76. The first kappa shape index (κ1) is 20.2. The number of nitrogens with zero attached hydrogens (tertiary/aromatic N) is 2. The van der Waals surface area contributed by atoms with Crippen LogP contribution in [0.15, 0.2) is 36.4 Å². The Morgan fingerprint density at radius 1 is 1.17 bits per heavy atom. The fourth-order valence-corrected chi connectivity index (χ4v) is 3.03. The molecule has 0 saturated heterocycles. The highest BCUT2D eigenvalue weighted by Gasteiger charge is 2.29. The molecule has 0 unspecified atom stereocenters. The Morgan fingerprint density at radius 2 is 1.90 bits per heavy atom. The maximum Gasteiger partial charge on any atom is 0.337 e. The van der Waals surface area contributed by atoms with Gasteiger partial charge < -0.3 is 20.6 Å². The van der Waals surface area contributed by atoms with Crippen LogP contribution in [0.2, 0.25) is 5.02 Å². The fourth-order valence-electron chi connectivity index (χ4n) is 2.82. The van der Waals surface area contributed by atoms with Crippen molar-refractivity contribution >= 4 is 40.5 Å². The second-order valence-electron chi connectivity index (χ2n) is 6.19. The molecule has 0 aliphatic heterocycles. The van der Waals surface area contributed by atoms with E-state index in [1.54, 1.807) is 24.3 Å². The highest BCUT2D eigenvalue weighted by atomic mass is 35.5. The van der Waals surface area contributed by atoms with Gasteiger partial charge in [-0.25, -0.2) is 9.59 Å². The van der Waals surface area contributed by atoms with E-state index in [-0.39, 0.29) is 28.6 Å². The summed E-state index contributed by atoms with van der Waals surface area (Å²) in [7, 11) is 0. The molecule has 150 valence electrons. The Bertz CT molecular complexity index is 1100. The molecule has 10 nitrogen and oxygen atoms in total. The summed E-state index contributed by atoms with van der Waals surface area (Å²) < 4.78 is 0. The minimum absolute atomic E-state index is 0.0587. The van der Waals surface area contributed by atoms with E-state index >= 15 is 0 Å². The van der Waals surface area contributed by atoms with Crippen molar-refractivity contribution in [1.29, 1.82) is 0 Å². The van der Waals surface area contributed by atoms with Gasteiger partial charge in [-0.2, -0.15) is 0 Å². The zero-order chi connectivity index (χ0) is 21.1. The number of aromatic carboxylic acids is 1. The number of aliphatic hydroxyl groups excluding tert-OH is 1. The summed E-state index contributed by atoms with van der Waals surface area (Å²) in [5.74, 6) is -3.61. The minimum Gasteiger partial charge on any atom is -0.479 e. The molecule has 0 aliphatic rings. The van der Waals surface area contributed by atoms with E-state index in [1.807, 2.05) is 0 Å². The number of carbonyl (C=O) groups is 3. The number of aromatic amines is 1. The van der Waals surface area contributed by atoms with E-state index in [0.717, 1.165) is 6.07 Å². The van der Waals surface area contributed by atoms with Crippen LogP contribution >= 0.6 is 11.6 Å². The van der Waals surface area contributed by atoms with E-state index in [4.69, 9.17) is 11.6 Å². The maximum atomic E-state index is 12.7. The summed E-state index contributed by atoms with van der Waals surface area (Å²) in [5, 5.41) is 41.0. The molecular formula is C18H15ClN4O6. The molecule has 29 heavy (non-hydrogen) atoms. The first-order valence-corrected chi connectivity index (χ1v) is 8.69. The predicted octanol–water partition coefficient (Wildman–Crippen LogP) is 1.10. The lowest BCUT2D eigenvalue weighted by molar-refractivity contribution is -0.148. The number of amides is 1. The molecule has 11 heteroatoms. The number of halogens is 1. The number of aromatic nitrogens is 3. The Labute approximate surface area is 168 Å². The second-order valence-corrected chi connectivity index (χ2v) is 6.60. The highest BCUT2D eigenvalue weighted by molar-refractivity contribution is 6.31. The lowest BCUT2D eigenvalue weighted by Gasteiger charge is -2.22. The van der Waals surface area contributed by atoms with Gasteiger partial charge in [0.05, 0.1) is 11.6 Å². The van der Waals surface area contributed by atoms with Gasteiger partial charge in [0.2, 0.25) is 0 Å². The van der Waals surface area contributed by atoms with E-state index in [0.29, 0.717) is 10.6 Å². The molecule has 0 radical (unpaired) electrons. The first-order valence-electron chi connectivity index (χ1n) is 8.31. The molecule has 2 atom stereocenters. The van der Waals surface area contributed by atoms with Crippen LogP contribution in [0.3, 0.4) is 0 Å². The number of hydrogen-bond donors (Lipinski definition) is 5. The van der Waals surface area contributed by atoms with Crippen molar-refractivity contribution in [2.24, 2.45) is 0 Å². The number of hydrogen-bond acceptors (Lipinski definition) is 6. The van der Waals surface area contributed by atoms with E-state index in [1.165, 1.54) is 6.07 Å². The van der Waals surface area contributed by atoms with Crippen molar-refractivity contribution in [1.82, 2.24) is 20.7 Å². The predicted molar refractivity (Wildman–Crippen MR) is 101 cm³/mol. The quantitative estimate of drug-likeness (QED) is 0.380. The standard InChI is InChI=1S/C18H15ClN4O6/c19-11-4-2-1-3-8(11)6-13(15(24)18(28)29)20-16(25)9-5-10(17(26)27)14-12(7-9)21-23-22-14/h1-5,7,13,15,24H,6H2,(H,20,25)(H,26,27)(H,28,29)(H,21,22,23)/t13-,15-/m1/s1. The number of nitrogens with one attached hydrogen (secondary N) is 2. The number of carbonyl (C=O) groups excluding carboxylic acids is 1. The third-order valence-electron chi connectivity index (χ3n) is 4.28. The van der Waals surface area contributed by atoms with Gasteiger partial charge in [-0.05, 0) is 30.2 Å². The molecule has 1 amide bonds. The lowest BCUT2D eigenvalue weighted by atomic mass is 10.00. The molecule has 5 N–H and O–H groups in total. The molecule has 0 fully saturated rings. The topological polar surface area (TPSA) is 166 Å². The summed E-state index contributed by atoms with van der Waals surface area (Å²) in [6.07, 6.45) is -1.97. The van der Waals surface area contributed by atoms with Crippen molar-refractivity contribution < 1.29 is 29.7 Å². The van der Waals surface area contributed by atoms with Crippen LogP contribution < -0.4 is 5.32 Å². The van der Waals surface area contributed by atoms with Gasteiger partial charge in [0.25, 0.3) is 5.91 Å². The van der Waals surface area contributed by atoms with Crippen molar-refractivity contribution in [3.63, 3.8) is 0 Å². The Hall–Kier alpha value is -3.50. The van der Waals surface area contributed by atoms with Crippen LogP contribution in [0, 0.1) is 0 Å². The van der Waals surface area contributed by atoms with Gasteiger partial charge in [-0.15, -0.1) is 5.10 Å². The Balaban J connectivity index is 1.92. The number of aliphatic carboxylic acids is 1. The van der Waals surface area contributed by atoms with Crippen molar-refractivity contribution in [3.8, 4) is 0 Å². The summed E-state index contributed by atoms with van der Waals surface area (Å²) in [6.45, 7) is 0. The van der Waals surface area contributed by atoms with Gasteiger partial charge >= 0.3 is 11.9 Å². The number of fused-ring (bicyclic) bond motifs is 1. The van der Waals surface area contributed by atoms with Crippen molar-refractivity contribution in [3.05, 3.63) is 58.1 Å². The zero-order valence-electron chi connectivity index (χ0n) is 14.7. The van der Waals surface area contributed by atoms with Gasteiger partial charge in [-0.1, -0.05) is 35.0 Å². The number of benzene rings is 2. The first-order chi connectivity index (χ1) is 13.8. The van der Waals surface area contributed by atoms with Crippen LogP contribution in [0.25, 0.3) is 11.0 Å². The molecule has 1 aromatic heterocycles. The molecule has 0 bridgehead atoms. The van der Waals surface area contributed by atoms with Gasteiger partial charge in [0.15, 0.2) is 6.10 Å².